The van der Waals surface area contributed by atoms with Gasteiger partial charge >= 0.3 is 0 Å². The number of hydrogen-bond acceptors (Lipinski definition) is 3. The van der Waals surface area contributed by atoms with E-state index in [1.54, 1.807) is 0 Å². The Balaban J connectivity index is 1.56. The van der Waals surface area contributed by atoms with Gasteiger partial charge in [0.2, 0.25) is 0 Å². The third kappa shape index (κ3) is 8.26. The first-order valence-corrected chi connectivity index (χ1v) is 28.8. The normalized spacial score (nSPS) is 15.8. The predicted molar refractivity (Wildman–Crippen MR) is 319 cm³/mol. The van der Waals surface area contributed by atoms with Gasteiger partial charge in [-0.15, -0.1) is 0 Å². The van der Waals surface area contributed by atoms with Crippen LogP contribution in [0.4, 0.5) is 0 Å². The van der Waals surface area contributed by atoms with E-state index in [-0.39, 0.29) is 0 Å². The summed E-state index contributed by atoms with van der Waals surface area (Å²) < 4.78 is 0. The number of aliphatic imine (C=N–C) groups is 3. The number of nitrogens with one attached hydrogen (secondary N) is 3. The highest BCUT2D eigenvalue weighted by atomic mass is 14.9. The van der Waals surface area contributed by atoms with Crippen molar-refractivity contribution >= 4 is 50.9 Å². The topological polar surface area (TPSA) is 84.5 Å². The van der Waals surface area contributed by atoms with E-state index in [0.717, 1.165) is 160 Å². The average Bonchev–Trinajstić information content (AvgIpc) is 4.31. The maximum Gasteiger partial charge on any atom is 0.0910 e. The molecule has 3 aromatic carbocycles. The van der Waals surface area contributed by atoms with Crippen LogP contribution in [-0.2, 0) is 38.5 Å². The van der Waals surface area contributed by atoms with Crippen molar-refractivity contribution in [3.05, 3.63) is 207 Å². The molecular formula is C69H78N6. The first kappa shape index (κ1) is 51.4. The van der Waals surface area contributed by atoms with E-state index in [9.17, 15) is 0 Å². The summed E-state index contributed by atoms with van der Waals surface area (Å²) in [6.07, 6.45) is 10.4. The van der Waals surface area contributed by atoms with Crippen LogP contribution in [0.5, 0.6) is 0 Å². The predicted octanol–water partition coefficient (Wildman–Crippen LogP) is 12.1. The third-order valence-electron chi connectivity index (χ3n) is 16.7. The number of allylic oxidation sites excluding steroid dienone is 3. The minimum atomic E-state index is 0.860. The largest absolute Gasteiger partial charge is 0.353 e. The first-order valence-electron chi connectivity index (χ1n) is 28.8. The van der Waals surface area contributed by atoms with Gasteiger partial charge in [-0.25, -0.2) is 15.0 Å². The maximum absolute atomic E-state index is 6.01. The van der Waals surface area contributed by atoms with Crippen molar-refractivity contribution in [1.82, 2.24) is 15.0 Å². The van der Waals surface area contributed by atoms with Gasteiger partial charge in [-0.3, -0.25) is 0 Å². The van der Waals surface area contributed by atoms with Gasteiger partial charge in [-0.1, -0.05) is 174 Å². The maximum atomic E-state index is 6.01. The number of aromatic nitrogens is 3. The Morgan fingerprint density at radius 3 is 0.667 bits per heavy atom. The summed E-state index contributed by atoms with van der Waals surface area (Å²) in [6, 6.07) is 33.2. The Labute approximate surface area is 445 Å². The van der Waals surface area contributed by atoms with Crippen LogP contribution in [0.25, 0.3) is 33.8 Å². The van der Waals surface area contributed by atoms with Crippen molar-refractivity contribution in [2.45, 2.75) is 160 Å². The van der Waals surface area contributed by atoms with Gasteiger partial charge in [0, 0.05) is 16.7 Å². The Morgan fingerprint density at radius 2 is 0.467 bits per heavy atom. The van der Waals surface area contributed by atoms with E-state index in [2.05, 4.69) is 189 Å². The summed E-state index contributed by atoms with van der Waals surface area (Å²) >= 11 is 0. The zero-order chi connectivity index (χ0) is 52.7. The van der Waals surface area contributed by atoms with Crippen LogP contribution < -0.4 is 32.1 Å². The number of benzene rings is 3. The molecule has 75 heavy (non-hydrogen) atoms. The van der Waals surface area contributed by atoms with Crippen molar-refractivity contribution in [2.24, 2.45) is 15.0 Å². The smallest absolute Gasteiger partial charge is 0.0910 e. The molecule has 0 unspecified atom stereocenters. The summed E-state index contributed by atoms with van der Waals surface area (Å²) in [5, 5.41) is 6.88. The van der Waals surface area contributed by atoms with Crippen LogP contribution in [-0.4, -0.2) is 32.1 Å². The van der Waals surface area contributed by atoms with Gasteiger partial charge in [0.1, 0.15) is 0 Å². The van der Waals surface area contributed by atoms with Crippen molar-refractivity contribution < 1.29 is 0 Å². The molecule has 0 amide bonds. The summed E-state index contributed by atoms with van der Waals surface area (Å²) in [6.45, 7) is 27.9. The van der Waals surface area contributed by atoms with Crippen molar-refractivity contribution in [3.8, 4) is 0 Å². The second-order valence-corrected chi connectivity index (χ2v) is 20.3. The molecule has 0 saturated carbocycles. The molecule has 0 aliphatic carbocycles. The highest BCUT2D eigenvalue weighted by Crippen LogP contribution is 2.39. The zero-order valence-corrected chi connectivity index (χ0v) is 47.0. The van der Waals surface area contributed by atoms with Gasteiger partial charge in [-0.2, -0.15) is 0 Å². The highest BCUT2D eigenvalue weighted by Gasteiger charge is 2.34. The number of nitrogens with zero attached hydrogens (tertiary/aromatic N) is 3. The fourth-order valence-electron chi connectivity index (χ4n) is 13.5. The SMILES string of the molecule is CCC1=C(CC)C2=c3[nH]c(c(CC)c3CC)=C(c3ccccc3)C3=NC(=c4[nH]c(c(CC)c4CC)=C(c4ccccc4)C4=NC(=c5[nH]c(c(CC)c5CC)=C(c5ccccc5)C1=N2)C(CC)=C4CC)C(CC)=C3CC. The molecule has 10 rings (SSSR count). The van der Waals surface area contributed by atoms with Crippen LogP contribution in [0, 0.1) is 0 Å². The number of rotatable bonds is 15. The quantitative estimate of drug-likeness (QED) is 0.0916. The minimum Gasteiger partial charge on any atom is -0.353 e. The highest BCUT2D eigenvalue weighted by molar-refractivity contribution is 6.37. The summed E-state index contributed by atoms with van der Waals surface area (Å²) in [4.78, 5) is 30.8. The molecule has 6 aromatic rings. The van der Waals surface area contributed by atoms with E-state index in [1.165, 1.54) is 83.5 Å². The lowest BCUT2D eigenvalue weighted by molar-refractivity contribution is 1.03. The van der Waals surface area contributed by atoms with Crippen LogP contribution in [0.3, 0.4) is 0 Å². The van der Waals surface area contributed by atoms with Gasteiger partial charge in [-0.05, 0) is 161 Å². The molecule has 4 aliphatic rings. The van der Waals surface area contributed by atoms with Crippen LogP contribution in [0.15, 0.2) is 139 Å². The van der Waals surface area contributed by atoms with Crippen molar-refractivity contribution in [1.29, 1.82) is 0 Å². The summed E-state index contributed by atoms with van der Waals surface area (Å²) in [5.41, 5.74) is 29.4. The lowest BCUT2D eigenvalue weighted by atomic mass is 9.90. The second kappa shape index (κ2) is 21.7. The van der Waals surface area contributed by atoms with Gasteiger partial charge in [0.15, 0.2) is 0 Å². The molecule has 7 heterocycles. The molecule has 0 fully saturated rings. The lowest BCUT2D eigenvalue weighted by Gasteiger charge is -2.12. The Hall–Kier alpha value is -7.05. The number of aromatic amines is 3. The van der Waals surface area contributed by atoms with Gasteiger partial charge in [0.05, 0.1) is 66.3 Å². The Bertz CT molecular complexity index is 3450. The van der Waals surface area contributed by atoms with Crippen LogP contribution in [0.2, 0.25) is 0 Å². The zero-order valence-electron chi connectivity index (χ0n) is 47.0. The molecule has 384 valence electrons. The average molecular weight is 991 g/mol. The monoisotopic (exact) mass is 991 g/mol. The van der Waals surface area contributed by atoms with Crippen molar-refractivity contribution in [2.75, 3.05) is 0 Å². The molecule has 0 atom stereocenters. The molecule has 3 aromatic heterocycles. The Kier molecular flexibility index (Phi) is 14.9. The number of fused-ring (bicyclic) bond motifs is 9. The van der Waals surface area contributed by atoms with Gasteiger partial charge < -0.3 is 15.0 Å². The standard InChI is InChI=1S/C69H78N6/c1-13-43-49(19-7)64-65-50(20-8)45(15-3)60(72-65)56(41-36-30-26-31-37-41)61-47(17-5)53(23-11)68(74-61)69-54(24-12)48(18-6)63(75-69)57(42-38-32-27-33-39-42)62-46(16-4)52(22-10)67(73-62)66-51(21-9)44(14-2)59(71-66)55(58(43)70-64)40-34-28-25-29-35-40/h25-39,70,73-74H,13-24H2,1-12H3. The molecule has 6 nitrogen and oxygen atoms in total. The molecule has 0 saturated heterocycles. The second-order valence-electron chi connectivity index (χ2n) is 20.3. The summed E-state index contributed by atoms with van der Waals surface area (Å²) in [5.74, 6) is 0. The van der Waals surface area contributed by atoms with Gasteiger partial charge in [0.25, 0.3) is 0 Å². The fraction of sp³-hybridized carbons (Fsp3) is 0.348. The lowest BCUT2D eigenvalue weighted by Crippen LogP contribution is -2.22. The van der Waals surface area contributed by atoms with Crippen LogP contribution >= 0.6 is 0 Å². The van der Waals surface area contributed by atoms with Crippen molar-refractivity contribution in [3.63, 3.8) is 0 Å². The first-order chi connectivity index (χ1) is 36.7. The van der Waals surface area contributed by atoms with E-state index in [4.69, 9.17) is 15.0 Å². The van der Waals surface area contributed by atoms with Crippen LogP contribution in [0.1, 0.15) is 172 Å². The van der Waals surface area contributed by atoms with E-state index in [0.29, 0.717) is 0 Å². The van der Waals surface area contributed by atoms with E-state index in [1.807, 2.05) is 0 Å². The molecular weight excluding hydrogens is 913 g/mol. The molecule has 4 aliphatic heterocycles. The molecule has 6 heteroatoms. The summed E-state index contributed by atoms with van der Waals surface area (Å²) in [7, 11) is 0. The third-order valence-corrected chi connectivity index (χ3v) is 16.7. The van der Waals surface area contributed by atoms with E-state index < -0.39 is 0 Å². The number of hydrogen-bond donors (Lipinski definition) is 3. The molecule has 0 spiro atoms. The number of H-pyrrole nitrogens is 3. The molecule has 0 radical (unpaired) electrons. The fourth-order valence-corrected chi connectivity index (χ4v) is 13.5. The molecule has 3 N–H and O–H groups in total. The van der Waals surface area contributed by atoms with E-state index >= 15 is 0 Å². The Morgan fingerprint density at radius 1 is 0.253 bits per heavy atom. The minimum absolute atomic E-state index is 0.860. The molecule has 12 bridgehead atoms.